The third-order valence-electron chi connectivity index (χ3n) is 5.14. The molecule has 0 aromatic rings. The van der Waals surface area contributed by atoms with Crippen LogP contribution in [-0.4, -0.2) is 12.6 Å². The van der Waals surface area contributed by atoms with Gasteiger partial charge < -0.3 is 5.32 Å². The zero-order chi connectivity index (χ0) is 13.0. The highest BCUT2D eigenvalue weighted by Crippen LogP contribution is 2.44. The maximum Gasteiger partial charge on any atom is 0.0312 e. The topological polar surface area (TPSA) is 12.0 Å². The zero-order valence-corrected chi connectivity index (χ0v) is 12.6. The molecule has 0 aromatic carbocycles. The van der Waals surface area contributed by atoms with Crippen molar-refractivity contribution in [3.8, 4) is 0 Å². The number of rotatable bonds is 4. The summed E-state index contributed by atoms with van der Waals surface area (Å²) in [4.78, 5) is 0. The molecule has 1 fully saturated rings. The quantitative estimate of drug-likeness (QED) is 0.713. The molecule has 0 aliphatic heterocycles. The van der Waals surface area contributed by atoms with Crippen molar-refractivity contribution >= 4 is 0 Å². The maximum atomic E-state index is 3.81. The van der Waals surface area contributed by atoms with Crippen LogP contribution in [-0.2, 0) is 0 Å². The van der Waals surface area contributed by atoms with Gasteiger partial charge in [0.25, 0.3) is 0 Å². The Morgan fingerprint density at radius 3 is 2.72 bits per heavy atom. The first-order valence-corrected chi connectivity index (χ1v) is 8.07. The number of allylic oxidation sites excluding steroid dienone is 1. The molecule has 2 aliphatic rings. The van der Waals surface area contributed by atoms with Crippen LogP contribution < -0.4 is 5.32 Å². The lowest BCUT2D eigenvalue weighted by Gasteiger charge is -2.45. The van der Waals surface area contributed by atoms with E-state index in [0.717, 1.165) is 12.5 Å². The van der Waals surface area contributed by atoms with E-state index in [1.807, 2.05) is 0 Å². The summed E-state index contributed by atoms with van der Waals surface area (Å²) >= 11 is 0. The van der Waals surface area contributed by atoms with Gasteiger partial charge in [0.1, 0.15) is 0 Å². The van der Waals surface area contributed by atoms with Crippen molar-refractivity contribution in [2.24, 2.45) is 11.3 Å². The van der Waals surface area contributed by atoms with E-state index < -0.39 is 0 Å². The largest absolute Gasteiger partial charge is 0.310 e. The van der Waals surface area contributed by atoms with Gasteiger partial charge >= 0.3 is 0 Å². The summed E-state index contributed by atoms with van der Waals surface area (Å²) < 4.78 is 0. The van der Waals surface area contributed by atoms with Gasteiger partial charge in [-0.1, -0.05) is 45.3 Å². The monoisotopic (exact) mass is 249 g/mol. The fraction of sp³-hybridized carbons (Fsp3) is 0.882. The molecule has 2 aliphatic carbocycles. The smallest absolute Gasteiger partial charge is 0.0312 e. The number of likely N-dealkylation sites (N-methyl/N-ethyl adjacent to an activating group) is 1. The second-order valence-corrected chi connectivity index (χ2v) is 6.90. The first-order chi connectivity index (χ1) is 8.65. The minimum Gasteiger partial charge on any atom is -0.310 e. The minimum absolute atomic E-state index is 0.517. The Bertz CT molecular complexity index is 290. The van der Waals surface area contributed by atoms with Crippen LogP contribution in [0.25, 0.3) is 0 Å². The zero-order valence-electron chi connectivity index (χ0n) is 12.6. The second-order valence-electron chi connectivity index (χ2n) is 6.90. The SMILES string of the molecule is CCNC(C1=CCCCC1)C1CCCCC1(C)C. The molecule has 0 amide bonds. The van der Waals surface area contributed by atoms with Crippen LogP contribution >= 0.6 is 0 Å². The van der Waals surface area contributed by atoms with Gasteiger partial charge in [-0.2, -0.15) is 0 Å². The van der Waals surface area contributed by atoms with E-state index >= 15 is 0 Å². The van der Waals surface area contributed by atoms with Crippen molar-refractivity contribution in [1.82, 2.24) is 5.32 Å². The van der Waals surface area contributed by atoms with Crippen LogP contribution in [0.4, 0.5) is 0 Å². The molecular weight excluding hydrogens is 218 g/mol. The third kappa shape index (κ3) is 3.17. The molecule has 0 bridgehead atoms. The van der Waals surface area contributed by atoms with E-state index in [0.29, 0.717) is 11.5 Å². The molecule has 1 nitrogen and oxygen atoms in total. The Morgan fingerprint density at radius 2 is 2.11 bits per heavy atom. The highest BCUT2D eigenvalue weighted by molar-refractivity contribution is 5.16. The molecule has 1 N–H and O–H groups in total. The van der Waals surface area contributed by atoms with E-state index in [9.17, 15) is 0 Å². The van der Waals surface area contributed by atoms with E-state index in [1.165, 1.54) is 51.4 Å². The Balaban J connectivity index is 2.15. The first-order valence-electron chi connectivity index (χ1n) is 8.07. The predicted octanol–water partition coefficient (Wildman–Crippen LogP) is 4.68. The molecule has 2 unspecified atom stereocenters. The average Bonchev–Trinajstić information content (AvgIpc) is 2.37. The summed E-state index contributed by atoms with van der Waals surface area (Å²) in [6.45, 7) is 8.34. The number of hydrogen-bond donors (Lipinski definition) is 1. The normalized spacial score (nSPS) is 29.7. The van der Waals surface area contributed by atoms with E-state index in [1.54, 1.807) is 5.57 Å². The van der Waals surface area contributed by atoms with Crippen molar-refractivity contribution in [3.63, 3.8) is 0 Å². The van der Waals surface area contributed by atoms with Crippen molar-refractivity contribution in [3.05, 3.63) is 11.6 Å². The first kappa shape index (κ1) is 14.1. The summed E-state index contributed by atoms with van der Waals surface area (Å²) in [6.07, 6.45) is 13.7. The molecule has 104 valence electrons. The molecule has 0 radical (unpaired) electrons. The predicted molar refractivity (Wildman–Crippen MR) is 79.8 cm³/mol. The Labute approximate surface area is 113 Å². The molecular formula is C17H31N. The van der Waals surface area contributed by atoms with Crippen LogP contribution in [0.1, 0.15) is 72.1 Å². The highest BCUT2D eigenvalue weighted by Gasteiger charge is 2.38. The molecule has 0 heterocycles. The third-order valence-corrected chi connectivity index (χ3v) is 5.14. The lowest BCUT2D eigenvalue weighted by molar-refractivity contribution is 0.109. The summed E-state index contributed by atoms with van der Waals surface area (Å²) in [7, 11) is 0. The maximum absolute atomic E-state index is 3.81. The molecule has 0 saturated heterocycles. The van der Waals surface area contributed by atoms with E-state index in [4.69, 9.17) is 0 Å². The summed E-state index contributed by atoms with van der Waals surface area (Å²) in [5.74, 6) is 0.843. The van der Waals surface area contributed by atoms with E-state index in [2.05, 4.69) is 32.2 Å². The Hall–Kier alpha value is -0.300. The summed E-state index contributed by atoms with van der Waals surface area (Å²) in [5.41, 5.74) is 2.24. The van der Waals surface area contributed by atoms with Gasteiger partial charge in [0, 0.05) is 6.04 Å². The van der Waals surface area contributed by atoms with Crippen LogP contribution in [0.2, 0.25) is 0 Å². The van der Waals surface area contributed by atoms with Gasteiger partial charge in [-0.25, -0.2) is 0 Å². The number of hydrogen-bond acceptors (Lipinski definition) is 1. The van der Waals surface area contributed by atoms with Gasteiger partial charge in [0.2, 0.25) is 0 Å². The Morgan fingerprint density at radius 1 is 1.28 bits per heavy atom. The summed E-state index contributed by atoms with van der Waals surface area (Å²) in [6, 6.07) is 0.658. The average molecular weight is 249 g/mol. The minimum atomic E-state index is 0.517. The van der Waals surface area contributed by atoms with Crippen LogP contribution in [0.5, 0.6) is 0 Å². The molecule has 1 heteroatoms. The molecule has 1 saturated carbocycles. The lowest BCUT2D eigenvalue weighted by Crippen LogP contribution is -2.46. The van der Waals surface area contributed by atoms with Gasteiger partial charge in [-0.05, 0) is 56.4 Å². The van der Waals surface area contributed by atoms with Crippen LogP contribution in [0.15, 0.2) is 11.6 Å². The fourth-order valence-electron chi connectivity index (χ4n) is 4.04. The van der Waals surface area contributed by atoms with E-state index in [-0.39, 0.29) is 0 Å². The lowest BCUT2D eigenvalue weighted by atomic mass is 9.64. The van der Waals surface area contributed by atoms with Gasteiger partial charge in [-0.3, -0.25) is 0 Å². The number of nitrogens with one attached hydrogen (secondary N) is 1. The standard InChI is InChI=1S/C17H31N/c1-4-18-16(14-10-6-5-7-11-14)15-12-8-9-13-17(15,2)3/h10,15-16,18H,4-9,11-13H2,1-3H3. The van der Waals surface area contributed by atoms with Crippen molar-refractivity contribution in [2.75, 3.05) is 6.54 Å². The Kier molecular flexibility index (Phi) is 4.89. The van der Waals surface area contributed by atoms with Crippen molar-refractivity contribution < 1.29 is 0 Å². The highest BCUT2D eigenvalue weighted by atomic mass is 14.9. The molecule has 0 spiro atoms. The van der Waals surface area contributed by atoms with Gasteiger partial charge in [0.15, 0.2) is 0 Å². The second kappa shape index (κ2) is 6.23. The van der Waals surface area contributed by atoms with Crippen molar-refractivity contribution in [2.45, 2.75) is 78.2 Å². The summed E-state index contributed by atoms with van der Waals surface area (Å²) in [5, 5.41) is 3.81. The van der Waals surface area contributed by atoms with Gasteiger partial charge in [-0.15, -0.1) is 0 Å². The molecule has 18 heavy (non-hydrogen) atoms. The molecule has 0 aromatic heterocycles. The fourth-order valence-corrected chi connectivity index (χ4v) is 4.04. The molecule has 2 rings (SSSR count). The van der Waals surface area contributed by atoms with Gasteiger partial charge in [0.05, 0.1) is 0 Å². The van der Waals surface area contributed by atoms with Crippen molar-refractivity contribution in [1.29, 1.82) is 0 Å². The van der Waals surface area contributed by atoms with Crippen LogP contribution in [0, 0.1) is 11.3 Å². The molecule has 2 atom stereocenters. The van der Waals surface area contributed by atoms with Crippen LogP contribution in [0.3, 0.4) is 0 Å².